The summed E-state index contributed by atoms with van der Waals surface area (Å²) in [5.74, 6) is 1.15. The Morgan fingerprint density at radius 3 is 2.33 bits per heavy atom. The molecule has 3 aromatic carbocycles. The van der Waals surface area contributed by atoms with Crippen molar-refractivity contribution in [1.82, 2.24) is 4.90 Å². The normalized spacial score (nSPS) is 15.8. The van der Waals surface area contributed by atoms with Gasteiger partial charge in [0.15, 0.2) is 0 Å². The van der Waals surface area contributed by atoms with Crippen molar-refractivity contribution in [2.75, 3.05) is 36.8 Å². The van der Waals surface area contributed by atoms with Gasteiger partial charge in [0.2, 0.25) is 0 Å². The van der Waals surface area contributed by atoms with Crippen molar-refractivity contribution in [2.24, 2.45) is 0 Å². The molecule has 2 N–H and O–H groups in total. The average Bonchev–Trinajstić information content (AvgIpc) is 2.92. The van der Waals surface area contributed by atoms with Crippen LogP contribution < -0.4 is 23.0 Å². The number of nitrogens with zero attached hydrogens (tertiary/aromatic N) is 2. The van der Waals surface area contributed by atoms with E-state index in [4.69, 9.17) is 11.6 Å². The Morgan fingerprint density at radius 2 is 1.53 bits per heavy atom. The summed E-state index contributed by atoms with van der Waals surface area (Å²) >= 11 is 6.27. The minimum absolute atomic E-state index is 0. The number of halogens is 2. The topological polar surface area (TPSA) is 30.3 Å². The molecule has 1 saturated heterocycles. The van der Waals surface area contributed by atoms with E-state index in [2.05, 4.69) is 74.7 Å². The van der Waals surface area contributed by atoms with Crippen LogP contribution in [0, 0.1) is 0 Å². The summed E-state index contributed by atoms with van der Waals surface area (Å²) in [7, 11) is 0. The quantitative estimate of drug-likeness (QED) is 0.597. The zero-order valence-corrected chi connectivity index (χ0v) is 18.1. The molecule has 5 rings (SSSR count). The van der Waals surface area contributed by atoms with Gasteiger partial charge in [0, 0.05) is 30.7 Å². The van der Waals surface area contributed by atoms with E-state index in [0.717, 1.165) is 60.6 Å². The number of amidine groups is 1. The maximum atomic E-state index is 6.27. The van der Waals surface area contributed by atoms with Crippen LogP contribution in [0.2, 0.25) is 5.02 Å². The molecule has 2 aliphatic rings. The van der Waals surface area contributed by atoms with Crippen molar-refractivity contribution in [3.8, 4) is 0 Å². The van der Waals surface area contributed by atoms with Gasteiger partial charge >= 0.3 is 0 Å². The molecule has 30 heavy (non-hydrogen) atoms. The van der Waals surface area contributed by atoms with Crippen molar-refractivity contribution in [3.05, 3.63) is 88.9 Å². The van der Waals surface area contributed by atoms with E-state index >= 15 is 0 Å². The van der Waals surface area contributed by atoms with Gasteiger partial charge in [-0.25, -0.2) is 5.32 Å². The fourth-order valence-corrected chi connectivity index (χ4v) is 4.26. The Bertz CT molecular complexity index is 1060. The fourth-order valence-electron chi connectivity index (χ4n) is 4.09. The molecule has 0 aromatic heterocycles. The molecule has 154 valence electrons. The van der Waals surface area contributed by atoms with Gasteiger partial charge in [-0.3, -0.25) is 9.48 Å². The van der Waals surface area contributed by atoms with Crippen molar-refractivity contribution in [1.29, 1.82) is 0 Å². The van der Waals surface area contributed by atoms with Gasteiger partial charge < -0.3 is 17.7 Å². The van der Waals surface area contributed by atoms with Crippen molar-refractivity contribution in [2.45, 2.75) is 6.54 Å². The van der Waals surface area contributed by atoms with Crippen molar-refractivity contribution >= 4 is 34.5 Å². The van der Waals surface area contributed by atoms with Gasteiger partial charge in [0.05, 0.1) is 30.0 Å². The lowest BCUT2D eigenvalue weighted by Crippen LogP contribution is -3.00. The van der Waals surface area contributed by atoms with Gasteiger partial charge in [-0.15, -0.1) is 0 Å². The molecule has 2 heterocycles. The molecule has 0 atom stereocenters. The summed E-state index contributed by atoms with van der Waals surface area (Å²) in [6.45, 7) is 5.06. The second-order valence-electron chi connectivity index (χ2n) is 7.58. The second-order valence-corrected chi connectivity index (χ2v) is 8.02. The van der Waals surface area contributed by atoms with Gasteiger partial charge in [0.25, 0.3) is 5.84 Å². The smallest absolute Gasteiger partial charge is 0.284 e. The Kier molecular flexibility index (Phi) is 6.28. The van der Waals surface area contributed by atoms with Crippen LogP contribution in [0.1, 0.15) is 11.1 Å². The third-order valence-corrected chi connectivity index (χ3v) is 5.86. The van der Waals surface area contributed by atoms with Gasteiger partial charge in [-0.1, -0.05) is 54.1 Å². The largest absolute Gasteiger partial charge is 1.00 e. The van der Waals surface area contributed by atoms with Crippen molar-refractivity contribution in [3.63, 3.8) is 0 Å². The highest BCUT2D eigenvalue weighted by atomic mass is 35.5. The molecule has 2 aliphatic heterocycles. The third-order valence-electron chi connectivity index (χ3n) is 5.62. The first-order valence-corrected chi connectivity index (χ1v) is 10.5. The Morgan fingerprint density at radius 1 is 0.800 bits per heavy atom. The highest BCUT2D eigenvalue weighted by Crippen LogP contribution is 2.33. The SMILES string of the molecule is Clc1ccc2c(c1)NC(=[N+]1CCN(Cc3ccccc3)CC1)c1ccccc1N2.[Cl-]. The van der Waals surface area contributed by atoms with E-state index in [-0.39, 0.29) is 12.4 Å². The number of anilines is 3. The molecule has 0 amide bonds. The maximum Gasteiger partial charge on any atom is 0.284 e. The fraction of sp³-hybridized carbons (Fsp3) is 0.208. The lowest BCUT2D eigenvalue weighted by Gasteiger charge is -2.28. The number of hydrogen-bond donors (Lipinski definition) is 2. The lowest BCUT2D eigenvalue weighted by molar-refractivity contribution is -0.539. The molecule has 0 radical (unpaired) electrons. The number of hydrogen-bond acceptors (Lipinski definition) is 2. The maximum absolute atomic E-state index is 6.27. The molecule has 1 fully saturated rings. The van der Waals surface area contributed by atoms with Crippen LogP contribution in [-0.2, 0) is 6.54 Å². The second kappa shape index (κ2) is 9.09. The molecule has 3 aromatic rings. The minimum Gasteiger partial charge on any atom is -1.00 e. The molecule has 4 nitrogen and oxygen atoms in total. The first kappa shape index (κ1) is 20.7. The van der Waals surface area contributed by atoms with Crippen LogP contribution in [0.15, 0.2) is 72.8 Å². The number of rotatable bonds is 2. The number of para-hydroxylation sites is 1. The van der Waals surface area contributed by atoms with Crippen LogP contribution >= 0.6 is 11.6 Å². The van der Waals surface area contributed by atoms with Crippen LogP contribution in [0.3, 0.4) is 0 Å². The van der Waals surface area contributed by atoms with Crippen molar-refractivity contribution < 1.29 is 17.0 Å². The lowest BCUT2D eigenvalue weighted by atomic mass is 10.1. The number of benzene rings is 3. The molecular formula is C24H24Cl2N4. The molecule has 0 saturated carbocycles. The van der Waals surface area contributed by atoms with Crippen LogP contribution in [0.5, 0.6) is 0 Å². The Hall–Kier alpha value is -2.53. The summed E-state index contributed by atoms with van der Waals surface area (Å²) in [5.41, 5.74) is 5.73. The summed E-state index contributed by atoms with van der Waals surface area (Å²) in [4.78, 5) is 2.53. The molecule has 0 aliphatic carbocycles. The minimum atomic E-state index is 0. The average molecular weight is 439 g/mol. The van der Waals surface area contributed by atoms with E-state index < -0.39 is 0 Å². The number of piperazine rings is 1. The highest BCUT2D eigenvalue weighted by molar-refractivity contribution is 6.31. The summed E-state index contributed by atoms with van der Waals surface area (Å²) in [5, 5.41) is 7.96. The zero-order valence-electron chi connectivity index (χ0n) is 16.6. The molecule has 6 heteroatoms. The molecule has 0 bridgehead atoms. The standard InChI is InChI=1S/C24H23ClN4.ClH/c25-19-10-11-22-23(16-19)27-24(20-8-4-5-9-21(20)26-22)29-14-12-28(13-15-29)17-18-6-2-1-3-7-18;/h1-11,16H,12-15,17H2,(H,26,27);1H. The summed E-state index contributed by atoms with van der Waals surface area (Å²) in [6, 6.07) is 25.1. The molecular weight excluding hydrogens is 415 g/mol. The van der Waals surface area contributed by atoms with E-state index in [9.17, 15) is 0 Å². The summed E-state index contributed by atoms with van der Waals surface area (Å²) in [6.07, 6.45) is 0. The van der Waals surface area contributed by atoms with E-state index in [1.54, 1.807) is 0 Å². The van der Waals surface area contributed by atoms with Crippen LogP contribution in [0.4, 0.5) is 17.1 Å². The third kappa shape index (κ3) is 4.31. The predicted molar refractivity (Wildman–Crippen MR) is 121 cm³/mol. The monoisotopic (exact) mass is 438 g/mol. The Balaban J connectivity index is 0.00000218. The predicted octanol–water partition coefficient (Wildman–Crippen LogP) is 1.79. The van der Waals surface area contributed by atoms with Gasteiger partial charge in [-0.05, 0) is 29.8 Å². The Labute approximate surface area is 188 Å². The van der Waals surface area contributed by atoms with Gasteiger partial charge in [-0.2, -0.15) is 0 Å². The zero-order chi connectivity index (χ0) is 19.6. The van der Waals surface area contributed by atoms with E-state index in [0.29, 0.717) is 0 Å². The highest BCUT2D eigenvalue weighted by Gasteiger charge is 2.28. The van der Waals surface area contributed by atoms with Crippen LogP contribution in [0.25, 0.3) is 0 Å². The summed E-state index contributed by atoms with van der Waals surface area (Å²) < 4.78 is 2.46. The number of fused-ring (bicyclic) bond motifs is 2. The van der Waals surface area contributed by atoms with E-state index in [1.807, 2.05) is 18.2 Å². The van der Waals surface area contributed by atoms with E-state index in [1.165, 1.54) is 11.1 Å². The first-order chi connectivity index (χ1) is 14.3. The first-order valence-electron chi connectivity index (χ1n) is 10.1. The van der Waals surface area contributed by atoms with Crippen LogP contribution in [-0.4, -0.2) is 41.5 Å². The molecule has 0 spiro atoms. The van der Waals surface area contributed by atoms with Gasteiger partial charge in [0.1, 0.15) is 5.69 Å². The number of nitrogens with one attached hydrogen (secondary N) is 2. The molecule has 0 unspecified atom stereocenters.